The quantitative estimate of drug-likeness (QED) is 0.439. The molecule has 0 unspecified atom stereocenters. The normalized spacial score (nSPS) is 11.1. The first-order valence-corrected chi connectivity index (χ1v) is 10.9. The van der Waals surface area contributed by atoms with Crippen LogP contribution >= 0.6 is 23.1 Å². The minimum atomic E-state index is 0.0862. The van der Waals surface area contributed by atoms with Crippen LogP contribution < -0.4 is 4.87 Å². The Morgan fingerprint density at radius 2 is 1.86 bits per heavy atom. The number of thiazole rings is 1. The molecule has 0 saturated carbocycles. The van der Waals surface area contributed by atoms with Crippen molar-refractivity contribution < 1.29 is 0 Å². The topological polar surface area (TPSA) is 52.7 Å². The Morgan fingerprint density at radius 1 is 1.04 bits per heavy atom. The summed E-state index contributed by atoms with van der Waals surface area (Å²) in [5.41, 5.74) is 4.24. The van der Waals surface area contributed by atoms with Crippen molar-refractivity contribution in [2.45, 2.75) is 25.5 Å². The molecule has 0 saturated heterocycles. The van der Waals surface area contributed by atoms with E-state index in [-0.39, 0.29) is 4.87 Å². The van der Waals surface area contributed by atoms with Gasteiger partial charge in [-0.25, -0.2) is 0 Å². The molecule has 0 bridgehead atoms. The highest BCUT2D eigenvalue weighted by atomic mass is 32.2. The first kappa shape index (κ1) is 18.7. The van der Waals surface area contributed by atoms with Crippen LogP contribution in [0.15, 0.2) is 69.9 Å². The molecule has 4 aromatic rings. The van der Waals surface area contributed by atoms with Crippen LogP contribution in [0, 0.1) is 13.8 Å². The SMILES string of the molecule is Cc1cccc(-c2nnc(SCCn3c(C)csc3=O)n2-c2ccccc2)c1. The van der Waals surface area contributed by atoms with Gasteiger partial charge in [0.25, 0.3) is 0 Å². The lowest BCUT2D eigenvalue weighted by atomic mass is 10.1. The number of aryl methyl sites for hydroxylation is 2. The van der Waals surface area contributed by atoms with Crippen molar-refractivity contribution in [2.75, 3.05) is 5.75 Å². The molecule has 0 aliphatic carbocycles. The molecule has 0 N–H and O–H groups in total. The van der Waals surface area contributed by atoms with E-state index >= 15 is 0 Å². The summed E-state index contributed by atoms with van der Waals surface area (Å²) in [6, 6.07) is 18.4. The van der Waals surface area contributed by atoms with Gasteiger partial charge >= 0.3 is 4.87 Å². The Morgan fingerprint density at radius 3 is 2.57 bits per heavy atom. The average molecular weight is 409 g/mol. The standard InChI is InChI=1S/C21H20N4OS2/c1-15-7-6-8-17(13-15)19-22-23-20(25(19)18-9-4-3-5-10-18)27-12-11-24-16(2)14-28-21(24)26/h3-10,13-14H,11-12H2,1-2H3. The molecule has 0 fully saturated rings. The average Bonchev–Trinajstić information content (AvgIpc) is 3.27. The van der Waals surface area contributed by atoms with Crippen LogP contribution in [-0.4, -0.2) is 25.1 Å². The van der Waals surface area contributed by atoms with Gasteiger partial charge in [-0.3, -0.25) is 9.36 Å². The molecule has 0 aliphatic rings. The number of thioether (sulfide) groups is 1. The summed E-state index contributed by atoms with van der Waals surface area (Å²) in [4.78, 5) is 12.0. The molecule has 0 atom stereocenters. The van der Waals surface area contributed by atoms with Gasteiger partial charge in [0.1, 0.15) is 0 Å². The summed E-state index contributed by atoms with van der Waals surface area (Å²) in [7, 11) is 0. The van der Waals surface area contributed by atoms with Gasteiger partial charge in [0, 0.05) is 34.6 Å². The van der Waals surface area contributed by atoms with Gasteiger partial charge in [-0.05, 0) is 32.0 Å². The van der Waals surface area contributed by atoms with Gasteiger partial charge in [-0.15, -0.1) is 10.2 Å². The maximum absolute atomic E-state index is 11.9. The lowest BCUT2D eigenvalue weighted by Crippen LogP contribution is -2.16. The number of benzene rings is 2. The van der Waals surface area contributed by atoms with E-state index in [4.69, 9.17) is 0 Å². The molecule has 5 nitrogen and oxygen atoms in total. The van der Waals surface area contributed by atoms with E-state index in [9.17, 15) is 4.79 Å². The summed E-state index contributed by atoms with van der Waals surface area (Å²) < 4.78 is 3.89. The minimum absolute atomic E-state index is 0.0862. The van der Waals surface area contributed by atoms with Gasteiger partial charge in [0.05, 0.1) is 0 Å². The molecule has 7 heteroatoms. The molecule has 0 radical (unpaired) electrons. The molecular formula is C21H20N4OS2. The fourth-order valence-electron chi connectivity index (χ4n) is 3.05. The summed E-state index contributed by atoms with van der Waals surface area (Å²) in [6.45, 7) is 4.69. The van der Waals surface area contributed by atoms with E-state index in [0.717, 1.165) is 33.7 Å². The maximum Gasteiger partial charge on any atom is 0.307 e. The van der Waals surface area contributed by atoms with Gasteiger partial charge in [0.15, 0.2) is 11.0 Å². The van der Waals surface area contributed by atoms with Crippen molar-refractivity contribution in [1.29, 1.82) is 0 Å². The highest BCUT2D eigenvalue weighted by Crippen LogP contribution is 2.28. The minimum Gasteiger partial charge on any atom is -0.303 e. The lowest BCUT2D eigenvalue weighted by molar-refractivity contribution is 0.729. The van der Waals surface area contributed by atoms with Crippen molar-refractivity contribution in [3.63, 3.8) is 0 Å². The van der Waals surface area contributed by atoms with E-state index < -0.39 is 0 Å². The van der Waals surface area contributed by atoms with Crippen LogP contribution in [-0.2, 0) is 6.54 Å². The van der Waals surface area contributed by atoms with Gasteiger partial charge in [-0.2, -0.15) is 0 Å². The molecule has 2 aromatic heterocycles. The highest BCUT2D eigenvalue weighted by Gasteiger charge is 2.16. The third kappa shape index (κ3) is 3.81. The van der Waals surface area contributed by atoms with Gasteiger partial charge in [-0.1, -0.05) is 65.1 Å². The van der Waals surface area contributed by atoms with E-state index in [2.05, 4.69) is 52.0 Å². The zero-order valence-corrected chi connectivity index (χ0v) is 17.3. The first-order valence-electron chi connectivity index (χ1n) is 8.99. The molecule has 2 aromatic carbocycles. The molecule has 0 amide bonds. The molecule has 28 heavy (non-hydrogen) atoms. The van der Waals surface area contributed by atoms with Crippen LogP contribution in [0.25, 0.3) is 17.1 Å². The summed E-state index contributed by atoms with van der Waals surface area (Å²) in [5.74, 6) is 1.57. The lowest BCUT2D eigenvalue weighted by Gasteiger charge is -2.11. The predicted molar refractivity (Wildman–Crippen MR) is 116 cm³/mol. The molecular weight excluding hydrogens is 388 g/mol. The second-order valence-corrected chi connectivity index (χ2v) is 8.37. The monoisotopic (exact) mass is 408 g/mol. The van der Waals surface area contributed by atoms with Crippen molar-refractivity contribution in [3.05, 3.63) is 80.9 Å². The van der Waals surface area contributed by atoms with Crippen LogP contribution in [0.4, 0.5) is 0 Å². The fourth-order valence-corrected chi connectivity index (χ4v) is 4.68. The smallest absolute Gasteiger partial charge is 0.303 e. The predicted octanol–water partition coefficient (Wildman–Crippen LogP) is 4.57. The fraction of sp³-hybridized carbons (Fsp3) is 0.190. The van der Waals surface area contributed by atoms with Crippen LogP contribution in [0.5, 0.6) is 0 Å². The number of nitrogens with zero attached hydrogens (tertiary/aromatic N) is 4. The first-order chi connectivity index (χ1) is 13.6. The third-order valence-corrected chi connectivity index (χ3v) is 6.24. The Labute approximate surface area is 171 Å². The van der Waals surface area contributed by atoms with E-state index in [1.54, 1.807) is 11.8 Å². The molecule has 4 rings (SSSR count). The zero-order chi connectivity index (χ0) is 19.5. The Bertz CT molecular complexity index is 1140. The van der Waals surface area contributed by atoms with Crippen LogP contribution in [0.3, 0.4) is 0 Å². The number of aromatic nitrogens is 4. The van der Waals surface area contributed by atoms with Crippen LogP contribution in [0.1, 0.15) is 11.3 Å². The number of hydrogen-bond donors (Lipinski definition) is 0. The molecule has 0 spiro atoms. The van der Waals surface area contributed by atoms with Gasteiger partial charge in [0.2, 0.25) is 0 Å². The van der Waals surface area contributed by atoms with Crippen LogP contribution in [0.2, 0.25) is 0 Å². The van der Waals surface area contributed by atoms with Crippen molar-refractivity contribution >= 4 is 23.1 Å². The third-order valence-electron chi connectivity index (χ3n) is 4.45. The number of rotatable bonds is 6. The summed E-state index contributed by atoms with van der Waals surface area (Å²) >= 11 is 2.86. The van der Waals surface area contributed by atoms with E-state index in [0.29, 0.717) is 6.54 Å². The number of hydrogen-bond acceptors (Lipinski definition) is 5. The largest absolute Gasteiger partial charge is 0.307 e. The van der Waals surface area contributed by atoms with Gasteiger partial charge < -0.3 is 4.57 Å². The maximum atomic E-state index is 11.9. The van der Waals surface area contributed by atoms with Crippen molar-refractivity contribution in [2.24, 2.45) is 0 Å². The number of para-hydroxylation sites is 1. The second-order valence-electron chi connectivity index (χ2n) is 6.49. The highest BCUT2D eigenvalue weighted by molar-refractivity contribution is 7.99. The molecule has 0 aliphatic heterocycles. The van der Waals surface area contributed by atoms with E-state index in [1.165, 1.54) is 16.9 Å². The Kier molecular flexibility index (Phi) is 5.45. The Hall–Kier alpha value is -2.64. The molecule has 2 heterocycles. The van der Waals surface area contributed by atoms with Crippen molar-refractivity contribution in [1.82, 2.24) is 19.3 Å². The van der Waals surface area contributed by atoms with E-state index in [1.807, 2.05) is 41.1 Å². The zero-order valence-electron chi connectivity index (χ0n) is 15.7. The van der Waals surface area contributed by atoms with Crippen molar-refractivity contribution in [3.8, 4) is 17.1 Å². The second kappa shape index (κ2) is 8.16. The Balaban J connectivity index is 1.67. The summed E-state index contributed by atoms with van der Waals surface area (Å²) in [5, 5.41) is 11.7. The summed E-state index contributed by atoms with van der Waals surface area (Å²) in [6.07, 6.45) is 0. The molecule has 142 valence electrons.